The van der Waals surface area contributed by atoms with Gasteiger partial charge in [-0.15, -0.1) is 11.3 Å². The Morgan fingerprint density at radius 3 is 3.07 bits per heavy atom. The molecule has 2 aromatic rings. The van der Waals surface area contributed by atoms with Crippen molar-refractivity contribution in [3.05, 3.63) is 23.2 Å². The highest BCUT2D eigenvalue weighted by atomic mass is 32.1. The number of anilines is 1. The molecule has 3 nitrogen and oxygen atoms in total. The Labute approximate surface area is 92.5 Å². The highest BCUT2D eigenvalue weighted by molar-refractivity contribution is 7.18. The monoisotopic (exact) mass is 219 g/mol. The number of aromatic nitrogens is 1. The predicted molar refractivity (Wildman–Crippen MR) is 64.6 cm³/mol. The van der Waals surface area contributed by atoms with Gasteiger partial charge in [0.15, 0.2) is 0 Å². The van der Waals surface area contributed by atoms with Gasteiger partial charge < -0.3 is 10.6 Å². The molecule has 0 saturated carbocycles. The summed E-state index contributed by atoms with van der Waals surface area (Å²) < 4.78 is 1.27. The molecule has 0 radical (unpaired) electrons. The Balaban J connectivity index is 1.90. The average Bonchev–Trinajstić information content (AvgIpc) is 2.50. The predicted octanol–water partition coefficient (Wildman–Crippen LogP) is 1.99. The normalized spacial score (nSPS) is 16.6. The maximum absolute atomic E-state index is 4.49. The number of benzene rings is 1. The Hall–Kier alpha value is -1.13. The van der Waals surface area contributed by atoms with Gasteiger partial charge in [0.1, 0.15) is 0 Å². The van der Waals surface area contributed by atoms with Crippen LogP contribution in [0.2, 0.25) is 0 Å². The second kappa shape index (κ2) is 3.47. The van der Waals surface area contributed by atoms with Crippen molar-refractivity contribution in [2.45, 2.75) is 13.0 Å². The minimum absolute atomic E-state index is 0.585. The zero-order valence-electron chi connectivity index (χ0n) is 8.58. The minimum Gasteiger partial charge on any atom is -0.380 e. The van der Waals surface area contributed by atoms with Gasteiger partial charge in [0.25, 0.3) is 0 Å². The Bertz CT molecular complexity index is 488. The maximum Gasteiger partial charge on any atom is 0.0907 e. The topological polar surface area (TPSA) is 37.0 Å². The average molecular weight is 219 g/mol. The molecule has 0 amide bonds. The third kappa shape index (κ3) is 1.70. The smallest absolute Gasteiger partial charge is 0.0907 e. The third-order valence-corrected chi connectivity index (χ3v) is 3.60. The zero-order chi connectivity index (χ0) is 10.3. The molecule has 78 valence electrons. The van der Waals surface area contributed by atoms with Crippen molar-refractivity contribution in [1.29, 1.82) is 0 Å². The van der Waals surface area contributed by atoms with E-state index in [9.17, 15) is 0 Å². The van der Waals surface area contributed by atoms with E-state index in [-0.39, 0.29) is 0 Å². The number of fused-ring (bicyclic) bond motifs is 1. The number of nitrogens with one attached hydrogen (secondary N) is 2. The van der Waals surface area contributed by atoms with Crippen LogP contribution < -0.4 is 10.6 Å². The molecule has 1 aromatic carbocycles. The highest BCUT2D eigenvalue weighted by Crippen LogP contribution is 2.24. The number of thiazole rings is 1. The molecule has 0 atom stereocenters. The van der Waals surface area contributed by atoms with Crippen LogP contribution in [0.5, 0.6) is 0 Å². The Morgan fingerprint density at radius 2 is 2.33 bits per heavy atom. The minimum atomic E-state index is 0.585. The van der Waals surface area contributed by atoms with Crippen LogP contribution in [-0.2, 0) is 0 Å². The van der Waals surface area contributed by atoms with Crippen molar-refractivity contribution in [3.8, 4) is 0 Å². The van der Waals surface area contributed by atoms with E-state index in [1.54, 1.807) is 11.3 Å². The van der Waals surface area contributed by atoms with Crippen molar-refractivity contribution in [1.82, 2.24) is 10.3 Å². The van der Waals surface area contributed by atoms with E-state index in [2.05, 4.69) is 33.8 Å². The lowest BCUT2D eigenvalue weighted by molar-refractivity contribution is 0.472. The van der Waals surface area contributed by atoms with E-state index in [1.807, 2.05) is 6.92 Å². The molecular formula is C11H13N3S. The molecule has 1 saturated heterocycles. The Kier molecular flexibility index (Phi) is 2.11. The van der Waals surface area contributed by atoms with E-state index < -0.39 is 0 Å². The molecule has 1 fully saturated rings. The number of nitrogens with zero attached hydrogens (tertiary/aromatic N) is 1. The van der Waals surface area contributed by atoms with Crippen molar-refractivity contribution < 1.29 is 0 Å². The van der Waals surface area contributed by atoms with Gasteiger partial charge in [0.05, 0.1) is 21.3 Å². The van der Waals surface area contributed by atoms with Gasteiger partial charge in [0, 0.05) is 18.8 Å². The molecule has 0 unspecified atom stereocenters. The third-order valence-electron chi connectivity index (χ3n) is 2.65. The fourth-order valence-corrected chi connectivity index (χ4v) is 2.57. The second-order valence-corrected chi connectivity index (χ2v) is 5.15. The summed E-state index contributed by atoms with van der Waals surface area (Å²) in [6.07, 6.45) is 0. The lowest BCUT2D eigenvalue weighted by Crippen LogP contribution is -2.51. The first-order valence-corrected chi connectivity index (χ1v) is 5.97. The van der Waals surface area contributed by atoms with Gasteiger partial charge >= 0.3 is 0 Å². The summed E-state index contributed by atoms with van der Waals surface area (Å²) in [6.45, 7) is 4.18. The number of rotatable bonds is 2. The molecular weight excluding hydrogens is 206 g/mol. The van der Waals surface area contributed by atoms with Crippen LogP contribution in [0.3, 0.4) is 0 Å². The molecule has 4 heteroatoms. The molecule has 3 rings (SSSR count). The molecule has 1 aliphatic heterocycles. The molecule has 1 aliphatic rings. The molecule has 2 N–H and O–H groups in total. The highest BCUT2D eigenvalue weighted by Gasteiger charge is 2.15. The first-order valence-electron chi connectivity index (χ1n) is 5.16. The van der Waals surface area contributed by atoms with Gasteiger partial charge in [-0.3, -0.25) is 0 Å². The number of aryl methyl sites for hydroxylation is 1. The Morgan fingerprint density at radius 1 is 1.47 bits per heavy atom. The molecule has 1 aromatic heterocycles. The number of hydrogen-bond acceptors (Lipinski definition) is 4. The summed E-state index contributed by atoms with van der Waals surface area (Å²) in [6, 6.07) is 7.01. The SMILES string of the molecule is Cc1nc2cc(NC3CNC3)ccc2s1. The van der Waals surface area contributed by atoms with Crippen LogP contribution in [0, 0.1) is 6.92 Å². The van der Waals surface area contributed by atoms with Crippen LogP contribution in [0.4, 0.5) is 5.69 Å². The van der Waals surface area contributed by atoms with Crippen LogP contribution in [-0.4, -0.2) is 24.1 Å². The van der Waals surface area contributed by atoms with E-state index in [0.717, 1.165) is 23.6 Å². The standard InChI is InChI=1S/C11H13N3S/c1-7-13-10-4-8(2-3-11(10)15-7)14-9-5-12-6-9/h2-4,9,12,14H,5-6H2,1H3. The second-order valence-electron chi connectivity index (χ2n) is 3.91. The molecule has 15 heavy (non-hydrogen) atoms. The summed E-state index contributed by atoms with van der Waals surface area (Å²) >= 11 is 1.75. The fraction of sp³-hybridized carbons (Fsp3) is 0.364. The first kappa shape index (κ1) is 9.12. The summed E-state index contributed by atoms with van der Waals surface area (Å²) in [5, 5.41) is 7.86. The summed E-state index contributed by atoms with van der Waals surface area (Å²) in [4.78, 5) is 4.49. The van der Waals surface area contributed by atoms with Crippen molar-refractivity contribution in [2.24, 2.45) is 0 Å². The van der Waals surface area contributed by atoms with Gasteiger partial charge in [-0.1, -0.05) is 0 Å². The van der Waals surface area contributed by atoms with Gasteiger partial charge in [-0.2, -0.15) is 0 Å². The van der Waals surface area contributed by atoms with Crippen molar-refractivity contribution in [2.75, 3.05) is 18.4 Å². The van der Waals surface area contributed by atoms with Crippen LogP contribution in [0.15, 0.2) is 18.2 Å². The lowest BCUT2D eigenvalue weighted by atomic mass is 10.1. The van der Waals surface area contributed by atoms with Crippen LogP contribution in [0.25, 0.3) is 10.2 Å². The largest absolute Gasteiger partial charge is 0.380 e. The molecule has 0 bridgehead atoms. The maximum atomic E-state index is 4.49. The van der Waals surface area contributed by atoms with Gasteiger partial charge in [0.2, 0.25) is 0 Å². The molecule has 0 spiro atoms. The summed E-state index contributed by atoms with van der Waals surface area (Å²) in [7, 11) is 0. The van der Waals surface area contributed by atoms with Gasteiger partial charge in [-0.05, 0) is 25.1 Å². The van der Waals surface area contributed by atoms with E-state index >= 15 is 0 Å². The van der Waals surface area contributed by atoms with E-state index in [0.29, 0.717) is 6.04 Å². The van der Waals surface area contributed by atoms with Crippen molar-refractivity contribution >= 4 is 27.2 Å². The lowest BCUT2D eigenvalue weighted by Gasteiger charge is -2.28. The quantitative estimate of drug-likeness (QED) is 0.811. The van der Waals surface area contributed by atoms with Crippen molar-refractivity contribution in [3.63, 3.8) is 0 Å². The first-order chi connectivity index (χ1) is 7.31. The molecule has 2 heterocycles. The van der Waals surface area contributed by atoms with Gasteiger partial charge in [-0.25, -0.2) is 4.98 Å². The number of hydrogen-bond donors (Lipinski definition) is 2. The van der Waals surface area contributed by atoms with E-state index in [1.165, 1.54) is 10.4 Å². The summed E-state index contributed by atoms with van der Waals surface area (Å²) in [5.41, 5.74) is 2.29. The molecule has 0 aliphatic carbocycles. The zero-order valence-corrected chi connectivity index (χ0v) is 9.40. The van der Waals surface area contributed by atoms with E-state index in [4.69, 9.17) is 0 Å². The van der Waals surface area contributed by atoms with Crippen LogP contribution >= 0.6 is 11.3 Å². The van der Waals surface area contributed by atoms with Crippen LogP contribution in [0.1, 0.15) is 5.01 Å². The fourth-order valence-electron chi connectivity index (χ4n) is 1.76. The summed E-state index contributed by atoms with van der Waals surface area (Å²) in [5.74, 6) is 0.